The van der Waals surface area contributed by atoms with Gasteiger partial charge >= 0.3 is 0 Å². The van der Waals surface area contributed by atoms with Crippen LogP contribution in [0.5, 0.6) is 0 Å². The predicted molar refractivity (Wildman–Crippen MR) is 106 cm³/mol. The van der Waals surface area contributed by atoms with Crippen molar-refractivity contribution in [3.8, 4) is 22.3 Å². The van der Waals surface area contributed by atoms with Crippen LogP contribution in [0.25, 0.3) is 33.0 Å². The average Bonchev–Trinajstić information content (AvgIpc) is 2.73. The van der Waals surface area contributed by atoms with Crippen LogP contribution >= 0.6 is 0 Å². The van der Waals surface area contributed by atoms with Gasteiger partial charge in [0, 0.05) is 0 Å². The van der Waals surface area contributed by atoms with Crippen molar-refractivity contribution in [1.29, 1.82) is 0 Å². The second kappa shape index (κ2) is 6.69. The monoisotopic (exact) mass is 338 g/mol. The molecule has 0 aromatic heterocycles. The van der Waals surface area contributed by atoms with Gasteiger partial charge in [-0.3, -0.25) is 0 Å². The minimum absolute atomic E-state index is 0.426. The third-order valence-corrected chi connectivity index (χ3v) is 4.45. The Morgan fingerprint density at radius 1 is 0.423 bits per heavy atom. The average molecular weight is 338 g/mol. The summed E-state index contributed by atoms with van der Waals surface area (Å²) in [6.07, 6.45) is 0. The first-order chi connectivity index (χ1) is 12.8. The quantitative estimate of drug-likeness (QED) is 0.377. The molecular weight excluding hydrogens is 324 g/mol. The third kappa shape index (κ3) is 3.00. The molecule has 4 aromatic carbocycles. The molecule has 26 heavy (non-hydrogen) atoms. The van der Waals surface area contributed by atoms with E-state index >= 15 is 0 Å². The van der Waals surface area contributed by atoms with E-state index in [0.29, 0.717) is 11.4 Å². The Labute approximate surface area is 150 Å². The highest BCUT2D eigenvalue weighted by Gasteiger charge is 2.04. The van der Waals surface area contributed by atoms with E-state index in [9.17, 15) is 9.81 Å². The van der Waals surface area contributed by atoms with Crippen molar-refractivity contribution in [1.82, 2.24) is 0 Å². The van der Waals surface area contributed by atoms with Gasteiger partial charge in [-0.05, 0) is 79.8 Å². The van der Waals surface area contributed by atoms with Crippen molar-refractivity contribution in [2.45, 2.75) is 0 Å². The van der Waals surface area contributed by atoms with E-state index < -0.39 is 0 Å². The molecule has 0 heterocycles. The standard InChI is InChI=1S/C22H14N2O2/c25-23-21-9-5-15(6-10-21)17-1-3-19-14-18(2-4-20(19)13-17)16-7-11-22(24-26)12-8-16/h1-14H. The Morgan fingerprint density at radius 3 is 1.12 bits per heavy atom. The van der Waals surface area contributed by atoms with Crippen LogP contribution in [0.1, 0.15) is 0 Å². The van der Waals surface area contributed by atoms with Crippen molar-refractivity contribution < 1.29 is 0 Å². The van der Waals surface area contributed by atoms with Gasteiger partial charge in [-0.2, -0.15) is 0 Å². The lowest BCUT2D eigenvalue weighted by molar-refractivity contribution is 1.49. The van der Waals surface area contributed by atoms with Crippen molar-refractivity contribution in [3.63, 3.8) is 0 Å². The van der Waals surface area contributed by atoms with E-state index in [1.807, 2.05) is 24.3 Å². The van der Waals surface area contributed by atoms with E-state index in [4.69, 9.17) is 0 Å². The molecule has 0 N–H and O–H groups in total. The summed E-state index contributed by atoms with van der Waals surface area (Å²) < 4.78 is 0. The van der Waals surface area contributed by atoms with Crippen molar-refractivity contribution in [3.05, 3.63) is 94.7 Å². The molecule has 0 aliphatic rings. The molecule has 0 spiro atoms. The van der Waals surface area contributed by atoms with Crippen molar-refractivity contribution in [2.75, 3.05) is 0 Å². The Balaban J connectivity index is 1.70. The van der Waals surface area contributed by atoms with Gasteiger partial charge in [0.2, 0.25) is 0 Å². The third-order valence-electron chi connectivity index (χ3n) is 4.45. The van der Waals surface area contributed by atoms with Crippen LogP contribution in [0.3, 0.4) is 0 Å². The molecule has 4 heteroatoms. The molecule has 0 radical (unpaired) electrons. The fraction of sp³-hybridized carbons (Fsp3) is 0. The summed E-state index contributed by atoms with van der Waals surface area (Å²) in [4.78, 5) is 21.1. The highest BCUT2D eigenvalue weighted by atomic mass is 16.3. The number of hydrogen-bond donors (Lipinski definition) is 0. The zero-order valence-corrected chi connectivity index (χ0v) is 13.8. The predicted octanol–water partition coefficient (Wildman–Crippen LogP) is 6.97. The smallest absolute Gasteiger partial charge is 0.108 e. The van der Waals surface area contributed by atoms with Gasteiger partial charge in [0.25, 0.3) is 0 Å². The van der Waals surface area contributed by atoms with Crippen LogP contribution in [0.15, 0.2) is 95.3 Å². The van der Waals surface area contributed by atoms with Crippen LogP contribution in [0.4, 0.5) is 11.4 Å². The second-order valence-electron chi connectivity index (χ2n) is 6.05. The SMILES string of the molecule is O=Nc1ccc(-c2ccc3cc(-c4ccc(N=O)cc4)ccc3c2)cc1. The van der Waals surface area contributed by atoms with Crippen LogP contribution in [-0.2, 0) is 0 Å². The maximum atomic E-state index is 10.5. The molecular formula is C22H14N2O2. The number of rotatable bonds is 4. The topological polar surface area (TPSA) is 58.9 Å². The Kier molecular flexibility index (Phi) is 4.07. The molecule has 0 fully saturated rings. The normalized spacial score (nSPS) is 10.6. The van der Waals surface area contributed by atoms with E-state index in [0.717, 1.165) is 33.0 Å². The highest BCUT2D eigenvalue weighted by molar-refractivity contribution is 5.91. The molecule has 4 rings (SSSR count). The minimum Gasteiger partial charge on any atom is -0.145 e. The summed E-state index contributed by atoms with van der Waals surface area (Å²) in [6, 6.07) is 27.0. The van der Waals surface area contributed by atoms with Gasteiger partial charge < -0.3 is 0 Å². The number of benzene rings is 4. The zero-order chi connectivity index (χ0) is 17.9. The molecule has 0 saturated carbocycles. The lowest BCUT2D eigenvalue weighted by atomic mass is 9.97. The minimum atomic E-state index is 0.426. The zero-order valence-electron chi connectivity index (χ0n) is 13.8. The Hall–Kier alpha value is -3.66. The molecule has 0 aliphatic heterocycles. The summed E-state index contributed by atoms with van der Waals surface area (Å²) in [5, 5.41) is 8.13. The molecule has 0 aliphatic carbocycles. The van der Waals surface area contributed by atoms with E-state index in [-0.39, 0.29) is 0 Å². The first-order valence-electron chi connectivity index (χ1n) is 8.18. The Morgan fingerprint density at radius 2 is 0.769 bits per heavy atom. The molecule has 0 bridgehead atoms. The molecule has 4 nitrogen and oxygen atoms in total. The molecule has 0 unspecified atom stereocenters. The number of nitrogens with zero attached hydrogens (tertiary/aromatic N) is 2. The summed E-state index contributed by atoms with van der Waals surface area (Å²) >= 11 is 0. The van der Waals surface area contributed by atoms with Gasteiger partial charge in [0.05, 0.1) is 0 Å². The summed E-state index contributed by atoms with van der Waals surface area (Å²) in [5.41, 5.74) is 5.11. The van der Waals surface area contributed by atoms with Gasteiger partial charge in [-0.25, -0.2) is 0 Å². The van der Waals surface area contributed by atoms with Gasteiger partial charge in [-0.1, -0.05) is 48.5 Å². The van der Waals surface area contributed by atoms with Gasteiger partial charge in [0.15, 0.2) is 0 Å². The van der Waals surface area contributed by atoms with Crippen molar-refractivity contribution >= 4 is 22.1 Å². The molecule has 0 saturated heterocycles. The van der Waals surface area contributed by atoms with E-state index in [1.165, 1.54) is 0 Å². The maximum Gasteiger partial charge on any atom is 0.108 e. The fourth-order valence-corrected chi connectivity index (χ4v) is 3.03. The van der Waals surface area contributed by atoms with E-state index in [1.54, 1.807) is 24.3 Å². The van der Waals surface area contributed by atoms with Crippen LogP contribution in [0, 0.1) is 9.81 Å². The molecule has 0 atom stereocenters. The van der Waals surface area contributed by atoms with Gasteiger partial charge in [-0.15, -0.1) is 9.81 Å². The van der Waals surface area contributed by atoms with Gasteiger partial charge in [0.1, 0.15) is 11.4 Å². The van der Waals surface area contributed by atoms with Crippen LogP contribution < -0.4 is 0 Å². The molecule has 124 valence electrons. The summed E-state index contributed by atoms with van der Waals surface area (Å²) in [5.74, 6) is 0. The summed E-state index contributed by atoms with van der Waals surface area (Å²) in [7, 11) is 0. The van der Waals surface area contributed by atoms with E-state index in [2.05, 4.69) is 46.8 Å². The largest absolute Gasteiger partial charge is 0.145 e. The highest BCUT2D eigenvalue weighted by Crippen LogP contribution is 2.30. The van der Waals surface area contributed by atoms with Crippen LogP contribution in [-0.4, -0.2) is 0 Å². The number of hydrogen-bond acceptors (Lipinski definition) is 4. The summed E-state index contributed by atoms with van der Waals surface area (Å²) in [6.45, 7) is 0. The fourth-order valence-electron chi connectivity index (χ4n) is 3.03. The van der Waals surface area contributed by atoms with Crippen LogP contribution in [0.2, 0.25) is 0 Å². The lowest BCUT2D eigenvalue weighted by Crippen LogP contribution is -1.81. The number of nitroso groups, excluding NO2 is 2. The first-order valence-corrected chi connectivity index (χ1v) is 8.18. The second-order valence-corrected chi connectivity index (χ2v) is 6.05. The lowest BCUT2D eigenvalue weighted by Gasteiger charge is -2.07. The first kappa shape index (κ1) is 15.8. The molecule has 4 aromatic rings. The Bertz CT molecular complexity index is 1010. The van der Waals surface area contributed by atoms with Crippen molar-refractivity contribution in [2.24, 2.45) is 10.4 Å². The maximum absolute atomic E-state index is 10.5. The molecule has 0 amide bonds. The number of fused-ring (bicyclic) bond motifs is 1.